The van der Waals surface area contributed by atoms with Crippen LogP contribution in [0.3, 0.4) is 0 Å². The van der Waals surface area contributed by atoms with Gasteiger partial charge in [-0.15, -0.1) is 0 Å². The molecule has 0 N–H and O–H groups in total. The molecule has 106 valence electrons. The van der Waals surface area contributed by atoms with Crippen molar-refractivity contribution in [1.82, 2.24) is 19.6 Å². The van der Waals surface area contributed by atoms with Crippen molar-refractivity contribution in [3.8, 4) is 11.6 Å². The molecule has 0 radical (unpaired) electrons. The van der Waals surface area contributed by atoms with Crippen molar-refractivity contribution in [1.29, 1.82) is 0 Å². The number of para-hydroxylation sites is 1. The zero-order valence-electron chi connectivity index (χ0n) is 11.5. The molecule has 0 saturated carbocycles. The SMILES string of the molecule is COC(=O)c1ccccc1Oc1cc(C)nc2ncnn12. The number of fused-ring (bicyclic) bond motifs is 1. The molecule has 0 atom stereocenters. The van der Waals surface area contributed by atoms with Gasteiger partial charge in [0.05, 0.1) is 7.11 Å². The van der Waals surface area contributed by atoms with Crippen LogP contribution in [0.25, 0.3) is 5.78 Å². The Bertz CT molecular complexity index is 813. The van der Waals surface area contributed by atoms with Gasteiger partial charge < -0.3 is 9.47 Å². The maximum Gasteiger partial charge on any atom is 0.341 e. The zero-order valence-corrected chi connectivity index (χ0v) is 11.5. The Morgan fingerprint density at radius 2 is 2.10 bits per heavy atom. The highest BCUT2D eigenvalue weighted by molar-refractivity contribution is 5.92. The summed E-state index contributed by atoms with van der Waals surface area (Å²) < 4.78 is 12.0. The van der Waals surface area contributed by atoms with Crippen LogP contribution < -0.4 is 4.74 Å². The van der Waals surface area contributed by atoms with Crippen molar-refractivity contribution < 1.29 is 14.3 Å². The Hall–Kier alpha value is -2.96. The zero-order chi connectivity index (χ0) is 14.8. The fourth-order valence-electron chi connectivity index (χ4n) is 1.92. The summed E-state index contributed by atoms with van der Waals surface area (Å²) >= 11 is 0. The summed E-state index contributed by atoms with van der Waals surface area (Å²) in [6.07, 6.45) is 1.39. The van der Waals surface area contributed by atoms with Crippen LogP contribution in [0.5, 0.6) is 11.6 Å². The number of aromatic nitrogens is 4. The summed E-state index contributed by atoms with van der Waals surface area (Å²) in [4.78, 5) is 20.0. The van der Waals surface area contributed by atoms with Gasteiger partial charge in [0, 0.05) is 11.8 Å². The first-order chi connectivity index (χ1) is 10.2. The van der Waals surface area contributed by atoms with E-state index in [4.69, 9.17) is 9.47 Å². The van der Waals surface area contributed by atoms with Gasteiger partial charge in [0.25, 0.3) is 5.78 Å². The van der Waals surface area contributed by atoms with Gasteiger partial charge in [0.2, 0.25) is 5.88 Å². The number of methoxy groups -OCH3 is 1. The molecule has 0 amide bonds. The molecule has 0 saturated heterocycles. The van der Waals surface area contributed by atoms with E-state index in [1.54, 1.807) is 30.3 Å². The van der Waals surface area contributed by atoms with Crippen molar-refractivity contribution in [2.24, 2.45) is 0 Å². The lowest BCUT2D eigenvalue weighted by molar-refractivity contribution is 0.0598. The Kier molecular flexibility index (Phi) is 3.23. The Labute approximate surface area is 120 Å². The summed E-state index contributed by atoms with van der Waals surface area (Å²) in [5.41, 5.74) is 1.07. The maximum absolute atomic E-state index is 11.8. The number of esters is 1. The molecule has 7 nitrogen and oxygen atoms in total. The van der Waals surface area contributed by atoms with Crippen molar-refractivity contribution in [3.05, 3.63) is 47.9 Å². The molecule has 0 unspecified atom stereocenters. The Morgan fingerprint density at radius 1 is 1.29 bits per heavy atom. The van der Waals surface area contributed by atoms with Gasteiger partial charge in [0.1, 0.15) is 17.6 Å². The number of nitrogens with zero attached hydrogens (tertiary/aromatic N) is 4. The second-order valence-corrected chi connectivity index (χ2v) is 4.30. The third-order valence-corrected chi connectivity index (χ3v) is 2.85. The quantitative estimate of drug-likeness (QED) is 0.684. The van der Waals surface area contributed by atoms with E-state index in [9.17, 15) is 4.79 Å². The van der Waals surface area contributed by atoms with Gasteiger partial charge in [-0.1, -0.05) is 12.1 Å². The van der Waals surface area contributed by atoms with Crippen LogP contribution in [0, 0.1) is 6.92 Å². The standard InChI is InChI=1S/C14H12N4O3/c1-9-7-12(18-14(17-9)15-8-16-18)21-11-6-4-3-5-10(11)13(19)20-2/h3-8H,1-2H3. The first kappa shape index (κ1) is 13.0. The lowest BCUT2D eigenvalue weighted by Crippen LogP contribution is -2.05. The number of carbonyl (C=O) groups excluding carboxylic acids is 1. The highest BCUT2D eigenvalue weighted by atomic mass is 16.5. The van der Waals surface area contributed by atoms with Crippen molar-refractivity contribution in [2.45, 2.75) is 6.92 Å². The van der Waals surface area contributed by atoms with Crippen molar-refractivity contribution >= 4 is 11.7 Å². The molecule has 3 aromatic rings. The predicted octanol–water partition coefficient (Wildman–Crippen LogP) is 2.01. The number of rotatable bonds is 3. The second-order valence-electron chi connectivity index (χ2n) is 4.30. The minimum Gasteiger partial charge on any atom is -0.465 e. The molecule has 0 aliphatic rings. The minimum absolute atomic E-state index is 0.336. The van der Waals surface area contributed by atoms with Gasteiger partial charge in [-0.2, -0.15) is 14.6 Å². The highest BCUT2D eigenvalue weighted by Gasteiger charge is 2.15. The number of benzene rings is 1. The number of carbonyl (C=O) groups is 1. The molecule has 0 spiro atoms. The fourth-order valence-corrected chi connectivity index (χ4v) is 1.92. The number of aryl methyl sites for hydroxylation is 1. The van der Waals surface area contributed by atoms with Gasteiger partial charge in [-0.3, -0.25) is 0 Å². The Morgan fingerprint density at radius 3 is 2.90 bits per heavy atom. The van der Waals surface area contributed by atoms with E-state index in [0.717, 1.165) is 5.69 Å². The first-order valence-electron chi connectivity index (χ1n) is 6.21. The van der Waals surface area contributed by atoms with E-state index in [-0.39, 0.29) is 0 Å². The molecule has 21 heavy (non-hydrogen) atoms. The molecule has 7 heteroatoms. The number of hydrogen-bond acceptors (Lipinski definition) is 6. The van der Waals surface area contributed by atoms with E-state index in [1.807, 2.05) is 6.92 Å². The molecular formula is C14H12N4O3. The topological polar surface area (TPSA) is 78.6 Å². The minimum atomic E-state index is -0.466. The van der Waals surface area contributed by atoms with Gasteiger partial charge in [-0.25, -0.2) is 9.78 Å². The second kappa shape index (κ2) is 5.20. The fraction of sp³-hybridized carbons (Fsp3) is 0.143. The smallest absolute Gasteiger partial charge is 0.341 e. The number of hydrogen-bond donors (Lipinski definition) is 0. The summed E-state index contributed by atoms with van der Waals surface area (Å²) in [6, 6.07) is 8.55. The summed E-state index contributed by atoms with van der Waals surface area (Å²) in [6.45, 7) is 1.83. The molecular weight excluding hydrogens is 272 g/mol. The van der Waals surface area contributed by atoms with Crippen molar-refractivity contribution in [3.63, 3.8) is 0 Å². The third-order valence-electron chi connectivity index (χ3n) is 2.85. The monoisotopic (exact) mass is 284 g/mol. The predicted molar refractivity (Wildman–Crippen MR) is 73.4 cm³/mol. The highest BCUT2D eigenvalue weighted by Crippen LogP contribution is 2.26. The summed E-state index contributed by atoms with van der Waals surface area (Å²) in [7, 11) is 1.32. The molecule has 3 rings (SSSR count). The molecule has 0 fully saturated rings. The maximum atomic E-state index is 11.8. The molecule has 1 aromatic carbocycles. The largest absolute Gasteiger partial charge is 0.465 e. The Balaban J connectivity index is 2.07. The molecule has 2 heterocycles. The third kappa shape index (κ3) is 2.40. The molecule has 2 aromatic heterocycles. The number of ether oxygens (including phenoxy) is 2. The average molecular weight is 284 g/mol. The van der Waals surface area contributed by atoms with Crippen molar-refractivity contribution in [2.75, 3.05) is 7.11 Å². The molecule has 0 bridgehead atoms. The first-order valence-corrected chi connectivity index (χ1v) is 6.21. The van der Waals surface area contributed by atoms with E-state index in [2.05, 4.69) is 15.1 Å². The summed E-state index contributed by atoms with van der Waals surface area (Å²) in [5, 5.41) is 4.05. The normalized spacial score (nSPS) is 10.6. The van der Waals surface area contributed by atoms with Crippen LogP contribution in [0.15, 0.2) is 36.7 Å². The van der Waals surface area contributed by atoms with Crippen LogP contribution in [0.1, 0.15) is 16.1 Å². The lowest BCUT2D eigenvalue weighted by atomic mass is 10.2. The van der Waals surface area contributed by atoms with Gasteiger partial charge >= 0.3 is 5.97 Å². The van der Waals surface area contributed by atoms with Crippen LogP contribution in [-0.2, 0) is 4.74 Å². The van der Waals surface area contributed by atoms with Crippen LogP contribution in [0.4, 0.5) is 0 Å². The lowest BCUT2D eigenvalue weighted by Gasteiger charge is -2.10. The van der Waals surface area contributed by atoms with E-state index < -0.39 is 5.97 Å². The summed E-state index contributed by atoms with van der Waals surface area (Å²) in [5.74, 6) is 0.768. The van der Waals surface area contributed by atoms with E-state index in [0.29, 0.717) is 23.0 Å². The van der Waals surface area contributed by atoms with E-state index >= 15 is 0 Å². The molecule has 0 aliphatic heterocycles. The van der Waals surface area contributed by atoms with Crippen LogP contribution >= 0.6 is 0 Å². The molecule has 0 aliphatic carbocycles. The van der Waals surface area contributed by atoms with Gasteiger partial charge in [0.15, 0.2) is 0 Å². The van der Waals surface area contributed by atoms with Crippen LogP contribution in [-0.4, -0.2) is 32.7 Å². The van der Waals surface area contributed by atoms with E-state index in [1.165, 1.54) is 18.0 Å². The van der Waals surface area contributed by atoms with Gasteiger partial charge in [-0.05, 0) is 19.1 Å². The average Bonchev–Trinajstić information content (AvgIpc) is 2.95. The van der Waals surface area contributed by atoms with Crippen LogP contribution in [0.2, 0.25) is 0 Å².